The van der Waals surface area contributed by atoms with Crippen molar-refractivity contribution in [1.82, 2.24) is 10.2 Å². The third-order valence-electron chi connectivity index (χ3n) is 2.79. The maximum Gasteiger partial charge on any atom is 0.314 e. The molecular formula is C10H14N2O2. The van der Waals surface area contributed by atoms with Crippen LogP contribution in [0.15, 0.2) is 6.20 Å². The molecule has 2 rings (SSSR count). The molecule has 0 spiro atoms. The number of H-pyrrole nitrogens is 1. The van der Waals surface area contributed by atoms with Crippen LogP contribution in [0.4, 0.5) is 0 Å². The summed E-state index contributed by atoms with van der Waals surface area (Å²) in [5, 5.41) is 6.87. The van der Waals surface area contributed by atoms with Crippen LogP contribution in [-0.2, 0) is 16.0 Å². The minimum atomic E-state index is -0.165. The Morgan fingerprint density at radius 1 is 1.71 bits per heavy atom. The van der Waals surface area contributed by atoms with E-state index in [1.54, 1.807) is 6.20 Å². The summed E-state index contributed by atoms with van der Waals surface area (Å²) in [4.78, 5) is 11.5. The third-order valence-corrected chi connectivity index (χ3v) is 2.79. The van der Waals surface area contributed by atoms with E-state index in [-0.39, 0.29) is 11.9 Å². The number of aromatic nitrogens is 2. The molecule has 0 unspecified atom stereocenters. The summed E-state index contributed by atoms with van der Waals surface area (Å²) in [5.41, 5.74) is 2.09. The van der Waals surface area contributed by atoms with E-state index in [1.165, 1.54) is 7.11 Å². The van der Waals surface area contributed by atoms with Crippen LogP contribution in [0.25, 0.3) is 0 Å². The Kier molecular flexibility index (Phi) is 2.27. The minimum Gasteiger partial charge on any atom is -0.469 e. The number of fused-ring (bicyclic) bond motifs is 1. The average Bonchev–Trinajstić information content (AvgIpc) is 2.62. The van der Waals surface area contributed by atoms with Gasteiger partial charge in [-0.3, -0.25) is 9.89 Å². The Morgan fingerprint density at radius 2 is 2.50 bits per heavy atom. The van der Waals surface area contributed by atoms with Crippen molar-refractivity contribution >= 4 is 5.97 Å². The van der Waals surface area contributed by atoms with Crippen LogP contribution < -0.4 is 0 Å². The minimum absolute atomic E-state index is 0.152. The highest BCUT2D eigenvalue weighted by Crippen LogP contribution is 2.33. The summed E-state index contributed by atoms with van der Waals surface area (Å²) < 4.78 is 4.78. The van der Waals surface area contributed by atoms with Gasteiger partial charge in [0.05, 0.1) is 24.9 Å². The number of nitrogens with zero attached hydrogens (tertiary/aromatic N) is 1. The Labute approximate surface area is 82.7 Å². The number of rotatable bonds is 1. The number of aromatic amines is 1. The third kappa shape index (κ3) is 1.41. The first-order valence-electron chi connectivity index (χ1n) is 4.82. The number of hydrogen-bond donors (Lipinski definition) is 1. The van der Waals surface area contributed by atoms with Crippen LogP contribution in [0.1, 0.15) is 30.5 Å². The summed E-state index contributed by atoms with van der Waals surface area (Å²) in [6.45, 7) is 2.14. The molecule has 14 heavy (non-hydrogen) atoms. The standard InChI is InChI=1S/C10H14N2O2/c1-6-3-7-5-11-12-9(7)8(4-6)10(13)14-2/h5-6,8H,3-4H2,1-2H3,(H,11,12)/t6-,8-/m0/s1. The maximum absolute atomic E-state index is 11.5. The van der Waals surface area contributed by atoms with E-state index < -0.39 is 0 Å². The zero-order valence-electron chi connectivity index (χ0n) is 8.41. The predicted molar refractivity (Wildman–Crippen MR) is 50.8 cm³/mol. The fraction of sp³-hybridized carbons (Fsp3) is 0.600. The van der Waals surface area contributed by atoms with Gasteiger partial charge in [-0.25, -0.2) is 0 Å². The molecule has 0 bridgehead atoms. The molecule has 1 aliphatic carbocycles. The molecule has 1 N–H and O–H groups in total. The smallest absolute Gasteiger partial charge is 0.314 e. The van der Waals surface area contributed by atoms with E-state index in [2.05, 4.69) is 17.1 Å². The Balaban J connectivity index is 2.32. The quantitative estimate of drug-likeness (QED) is 0.684. The van der Waals surface area contributed by atoms with Gasteiger partial charge in [-0.2, -0.15) is 5.10 Å². The number of nitrogens with one attached hydrogen (secondary N) is 1. The first-order valence-corrected chi connectivity index (χ1v) is 4.82. The number of hydrogen-bond acceptors (Lipinski definition) is 3. The number of ether oxygens (including phenoxy) is 1. The van der Waals surface area contributed by atoms with Gasteiger partial charge in [-0.05, 0) is 24.3 Å². The van der Waals surface area contributed by atoms with Gasteiger partial charge in [0, 0.05) is 0 Å². The molecule has 76 valence electrons. The van der Waals surface area contributed by atoms with Crippen molar-refractivity contribution in [3.63, 3.8) is 0 Å². The summed E-state index contributed by atoms with van der Waals surface area (Å²) in [6, 6.07) is 0. The molecule has 0 fully saturated rings. The van der Waals surface area contributed by atoms with Crippen molar-refractivity contribution in [2.45, 2.75) is 25.7 Å². The summed E-state index contributed by atoms with van der Waals surface area (Å²) in [5.74, 6) is 0.201. The number of carbonyl (C=O) groups excluding carboxylic acids is 1. The van der Waals surface area contributed by atoms with Crippen LogP contribution in [-0.4, -0.2) is 23.3 Å². The number of methoxy groups -OCH3 is 1. The first-order chi connectivity index (χ1) is 6.72. The molecule has 1 heterocycles. The Hall–Kier alpha value is -1.32. The van der Waals surface area contributed by atoms with E-state index in [0.717, 1.165) is 24.1 Å². The lowest BCUT2D eigenvalue weighted by Gasteiger charge is -2.24. The predicted octanol–water partition coefficient (Wildman–Crippen LogP) is 1.25. The van der Waals surface area contributed by atoms with E-state index >= 15 is 0 Å². The highest BCUT2D eigenvalue weighted by atomic mass is 16.5. The second kappa shape index (κ2) is 3.44. The van der Waals surface area contributed by atoms with Crippen LogP contribution in [0, 0.1) is 5.92 Å². The maximum atomic E-state index is 11.5. The van der Waals surface area contributed by atoms with Crippen molar-refractivity contribution in [2.75, 3.05) is 7.11 Å². The van der Waals surface area contributed by atoms with Crippen molar-refractivity contribution in [3.05, 3.63) is 17.5 Å². The van der Waals surface area contributed by atoms with Gasteiger partial charge in [-0.15, -0.1) is 0 Å². The molecule has 0 aromatic carbocycles. The zero-order valence-corrected chi connectivity index (χ0v) is 8.41. The van der Waals surface area contributed by atoms with Crippen LogP contribution >= 0.6 is 0 Å². The Morgan fingerprint density at radius 3 is 3.21 bits per heavy atom. The normalized spacial score (nSPS) is 25.6. The highest BCUT2D eigenvalue weighted by Gasteiger charge is 2.32. The van der Waals surface area contributed by atoms with Crippen molar-refractivity contribution in [2.24, 2.45) is 5.92 Å². The van der Waals surface area contributed by atoms with Crippen molar-refractivity contribution in [1.29, 1.82) is 0 Å². The van der Waals surface area contributed by atoms with E-state index in [0.29, 0.717) is 5.92 Å². The van der Waals surface area contributed by atoms with Crippen LogP contribution in [0.5, 0.6) is 0 Å². The number of esters is 1. The molecule has 2 atom stereocenters. The molecule has 4 nitrogen and oxygen atoms in total. The SMILES string of the molecule is COC(=O)[C@H]1C[C@@H](C)Cc2cn[nH]c21. The molecule has 4 heteroatoms. The molecule has 1 aromatic heterocycles. The van der Waals surface area contributed by atoms with Gasteiger partial charge < -0.3 is 4.74 Å². The molecular weight excluding hydrogens is 180 g/mol. The van der Waals surface area contributed by atoms with Gasteiger partial charge in [0.25, 0.3) is 0 Å². The summed E-state index contributed by atoms with van der Waals surface area (Å²) in [6.07, 6.45) is 3.65. The number of carbonyl (C=O) groups is 1. The molecule has 0 radical (unpaired) electrons. The van der Waals surface area contributed by atoms with Gasteiger partial charge in [0.1, 0.15) is 0 Å². The lowest BCUT2D eigenvalue weighted by Crippen LogP contribution is -2.23. The largest absolute Gasteiger partial charge is 0.469 e. The molecule has 1 aromatic rings. The van der Waals surface area contributed by atoms with E-state index in [9.17, 15) is 4.79 Å². The molecule has 0 aliphatic heterocycles. The molecule has 0 saturated heterocycles. The summed E-state index contributed by atoms with van der Waals surface area (Å²) >= 11 is 0. The lowest BCUT2D eigenvalue weighted by atomic mass is 9.81. The topological polar surface area (TPSA) is 55.0 Å². The van der Waals surface area contributed by atoms with E-state index in [1.807, 2.05) is 0 Å². The molecule has 0 amide bonds. The van der Waals surface area contributed by atoms with Crippen molar-refractivity contribution < 1.29 is 9.53 Å². The van der Waals surface area contributed by atoms with E-state index in [4.69, 9.17) is 4.74 Å². The molecule has 1 aliphatic rings. The van der Waals surface area contributed by atoms with Crippen molar-refractivity contribution in [3.8, 4) is 0 Å². The highest BCUT2D eigenvalue weighted by molar-refractivity contribution is 5.78. The van der Waals surface area contributed by atoms with Gasteiger partial charge in [-0.1, -0.05) is 6.92 Å². The Bertz CT molecular complexity index is 346. The lowest BCUT2D eigenvalue weighted by molar-refractivity contribution is -0.143. The fourth-order valence-corrected chi connectivity index (χ4v) is 2.12. The fourth-order valence-electron chi connectivity index (χ4n) is 2.12. The van der Waals surface area contributed by atoms with Gasteiger partial charge in [0.15, 0.2) is 0 Å². The average molecular weight is 194 g/mol. The van der Waals surface area contributed by atoms with Crippen LogP contribution in [0.3, 0.4) is 0 Å². The second-order valence-corrected chi connectivity index (χ2v) is 3.93. The van der Waals surface area contributed by atoms with Crippen LogP contribution in [0.2, 0.25) is 0 Å². The monoisotopic (exact) mass is 194 g/mol. The second-order valence-electron chi connectivity index (χ2n) is 3.93. The van der Waals surface area contributed by atoms with Gasteiger partial charge >= 0.3 is 5.97 Å². The zero-order chi connectivity index (χ0) is 10.1. The molecule has 0 saturated carbocycles. The van der Waals surface area contributed by atoms with Gasteiger partial charge in [0.2, 0.25) is 0 Å². The first kappa shape index (κ1) is 9.24. The summed E-state index contributed by atoms with van der Waals surface area (Å²) in [7, 11) is 1.43.